The van der Waals surface area contributed by atoms with Gasteiger partial charge in [0.2, 0.25) is 0 Å². The summed E-state index contributed by atoms with van der Waals surface area (Å²) in [6.45, 7) is 0.640. The van der Waals surface area contributed by atoms with E-state index in [4.69, 9.17) is 16.3 Å². The van der Waals surface area contributed by atoms with E-state index < -0.39 is 11.9 Å². The Hall–Kier alpha value is -2.91. The van der Waals surface area contributed by atoms with E-state index >= 15 is 0 Å². The molecule has 0 aliphatic rings. The standard InChI is InChI=1S/C20H14ClF3N4OS/c21-15-10-30-19-17(15)18(27-11-28-19)25-8-7-12-1-3-13(4-2-12)29-14-5-6-16(26-9-14)20(22,23)24/h1-6,9-11H,7-8H2,(H,25,27,28). The molecule has 0 aliphatic heterocycles. The molecule has 3 aromatic heterocycles. The van der Waals surface area contributed by atoms with Crippen LogP contribution in [0.2, 0.25) is 5.02 Å². The third kappa shape index (κ3) is 4.63. The van der Waals surface area contributed by atoms with Crippen LogP contribution in [0.1, 0.15) is 11.3 Å². The maximum absolute atomic E-state index is 12.6. The van der Waals surface area contributed by atoms with Crippen molar-refractivity contribution >= 4 is 39.0 Å². The highest BCUT2D eigenvalue weighted by Crippen LogP contribution is 2.32. The van der Waals surface area contributed by atoms with E-state index in [1.165, 1.54) is 23.7 Å². The van der Waals surface area contributed by atoms with Gasteiger partial charge in [-0.25, -0.2) is 15.0 Å². The number of nitrogens with one attached hydrogen (secondary N) is 1. The molecular formula is C20H14ClF3N4OS. The van der Waals surface area contributed by atoms with Gasteiger partial charge in [-0.1, -0.05) is 23.7 Å². The molecule has 0 saturated carbocycles. The summed E-state index contributed by atoms with van der Waals surface area (Å²) in [5.41, 5.74) is 0.101. The lowest BCUT2D eigenvalue weighted by atomic mass is 10.1. The van der Waals surface area contributed by atoms with Gasteiger partial charge in [-0.15, -0.1) is 11.3 Å². The molecule has 0 spiro atoms. The van der Waals surface area contributed by atoms with Crippen molar-refractivity contribution in [3.05, 3.63) is 70.6 Å². The van der Waals surface area contributed by atoms with Crippen LogP contribution in [0.4, 0.5) is 19.0 Å². The van der Waals surface area contributed by atoms with Crippen LogP contribution in [0.25, 0.3) is 10.2 Å². The van der Waals surface area contributed by atoms with Gasteiger partial charge in [-0.2, -0.15) is 13.2 Å². The second-order valence-electron chi connectivity index (χ2n) is 6.29. The minimum atomic E-state index is -4.47. The molecule has 4 rings (SSSR count). The Balaban J connectivity index is 1.34. The summed E-state index contributed by atoms with van der Waals surface area (Å²) in [5, 5.41) is 6.55. The van der Waals surface area contributed by atoms with Crippen molar-refractivity contribution in [1.29, 1.82) is 0 Å². The monoisotopic (exact) mass is 450 g/mol. The van der Waals surface area contributed by atoms with E-state index in [2.05, 4.69) is 20.3 Å². The predicted octanol–water partition coefficient (Wildman–Crippen LogP) is 6.21. The van der Waals surface area contributed by atoms with Gasteiger partial charge in [-0.05, 0) is 36.2 Å². The van der Waals surface area contributed by atoms with Gasteiger partial charge in [0.05, 0.1) is 16.6 Å². The van der Waals surface area contributed by atoms with Crippen molar-refractivity contribution < 1.29 is 17.9 Å². The maximum atomic E-state index is 12.6. The van der Waals surface area contributed by atoms with E-state index in [0.29, 0.717) is 23.1 Å². The van der Waals surface area contributed by atoms with Crippen molar-refractivity contribution in [3.63, 3.8) is 0 Å². The third-order valence-corrected chi connectivity index (χ3v) is 5.53. The summed E-state index contributed by atoms with van der Waals surface area (Å²) < 4.78 is 43.2. The summed E-state index contributed by atoms with van der Waals surface area (Å²) in [7, 11) is 0. The maximum Gasteiger partial charge on any atom is 0.433 e. The van der Waals surface area contributed by atoms with E-state index in [0.717, 1.165) is 34.5 Å². The predicted molar refractivity (Wildman–Crippen MR) is 110 cm³/mol. The normalized spacial score (nSPS) is 11.6. The summed E-state index contributed by atoms with van der Waals surface area (Å²) in [6, 6.07) is 9.42. The zero-order valence-electron chi connectivity index (χ0n) is 15.3. The molecule has 0 bridgehead atoms. The van der Waals surface area contributed by atoms with Crippen LogP contribution in [-0.2, 0) is 12.6 Å². The number of aromatic nitrogens is 3. The van der Waals surface area contributed by atoms with E-state index in [9.17, 15) is 13.2 Å². The number of fused-ring (bicyclic) bond motifs is 1. The number of benzene rings is 1. The fourth-order valence-electron chi connectivity index (χ4n) is 2.77. The van der Waals surface area contributed by atoms with E-state index in [1.54, 1.807) is 12.1 Å². The number of nitrogens with zero attached hydrogens (tertiary/aromatic N) is 3. The molecule has 0 saturated heterocycles. The number of rotatable bonds is 6. The zero-order valence-corrected chi connectivity index (χ0v) is 16.9. The Kier molecular flexibility index (Phi) is 5.74. The molecule has 0 amide bonds. The molecule has 4 aromatic rings. The van der Waals surface area contributed by atoms with Crippen molar-refractivity contribution in [2.75, 3.05) is 11.9 Å². The van der Waals surface area contributed by atoms with Crippen molar-refractivity contribution in [1.82, 2.24) is 15.0 Å². The van der Waals surface area contributed by atoms with Gasteiger partial charge in [0, 0.05) is 11.9 Å². The Morgan fingerprint density at radius 1 is 1.00 bits per heavy atom. The number of ether oxygens (including phenoxy) is 1. The summed E-state index contributed by atoms with van der Waals surface area (Å²) >= 11 is 7.67. The number of thiophene rings is 1. The van der Waals surface area contributed by atoms with Gasteiger partial charge in [0.25, 0.3) is 0 Å². The first-order valence-electron chi connectivity index (χ1n) is 8.82. The van der Waals surface area contributed by atoms with Crippen LogP contribution in [0, 0.1) is 0 Å². The fourth-order valence-corrected chi connectivity index (χ4v) is 3.90. The number of hydrogen-bond acceptors (Lipinski definition) is 6. The molecule has 1 N–H and O–H groups in total. The number of hydrogen-bond donors (Lipinski definition) is 1. The lowest BCUT2D eigenvalue weighted by Crippen LogP contribution is -2.07. The number of pyridine rings is 1. The first-order valence-corrected chi connectivity index (χ1v) is 10.1. The van der Waals surface area contributed by atoms with Crippen LogP contribution in [-0.4, -0.2) is 21.5 Å². The van der Waals surface area contributed by atoms with Crippen LogP contribution in [0.5, 0.6) is 11.5 Å². The Morgan fingerprint density at radius 3 is 2.47 bits per heavy atom. The molecule has 10 heteroatoms. The summed E-state index contributed by atoms with van der Waals surface area (Å²) in [6.07, 6.45) is -1.19. The second kappa shape index (κ2) is 8.45. The lowest BCUT2D eigenvalue weighted by Gasteiger charge is -2.09. The molecular weight excluding hydrogens is 437 g/mol. The minimum Gasteiger partial charge on any atom is -0.456 e. The van der Waals surface area contributed by atoms with Gasteiger partial charge in [0.1, 0.15) is 34.2 Å². The van der Waals surface area contributed by atoms with Crippen molar-refractivity contribution in [3.8, 4) is 11.5 Å². The lowest BCUT2D eigenvalue weighted by molar-refractivity contribution is -0.141. The SMILES string of the molecule is FC(F)(F)c1ccc(Oc2ccc(CCNc3ncnc4scc(Cl)c34)cc2)cn1. The minimum absolute atomic E-state index is 0.234. The zero-order chi connectivity index (χ0) is 21.1. The summed E-state index contributed by atoms with van der Waals surface area (Å²) in [4.78, 5) is 12.7. The van der Waals surface area contributed by atoms with Gasteiger partial charge >= 0.3 is 6.18 Å². The Morgan fingerprint density at radius 2 is 1.77 bits per heavy atom. The van der Waals surface area contributed by atoms with Crippen LogP contribution < -0.4 is 10.1 Å². The highest BCUT2D eigenvalue weighted by atomic mass is 35.5. The molecule has 0 radical (unpaired) electrons. The molecule has 30 heavy (non-hydrogen) atoms. The average molecular weight is 451 g/mol. The highest BCUT2D eigenvalue weighted by Gasteiger charge is 2.32. The first-order chi connectivity index (χ1) is 14.4. The Labute approximate surface area is 178 Å². The van der Waals surface area contributed by atoms with Crippen LogP contribution >= 0.6 is 22.9 Å². The van der Waals surface area contributed by atoms with Gasteiger partial charge in [0.15, 0.2) is 0 Å². The molecule has 0 aliphatic carbocycles. The topological polar surface area (TPSA) is 59.9 Å². The van der Waals surface area contributed by atoms with Crippen molar-refractivity contribution in [2.45, 2.75) is 12.6 Å². The van der Waals surface area contributed by atoms with Crippen LogP contribution in [0.15, 0.2) is 54.3 Å². The van der Waals surface area contributed by atoms with Crippen LogP contribution in [0.3, 0.4) is 0 Å². The largest absolute Gasteiger partial charge is 0.456 e. The second-order valence-corrected chi connectivity index (χ2v) is 7.55. The third-order valence-electron chi connectivity index (χ3n) is 4.22. The van der Waals surface area contributed by atoms with Gasteiger partial charge < -0.3 is 10.1 Å². The number of alkyl halides is 3. The molecule has 1 aromatic carbocycles. The molecule has 0 fully saturated rings. The quantitative estimate of drug-likeness (QED) is 0.378. The number of halogens is 4. The highest BCUT2D eigenvalue weighted by molar-refractivity contribution is 7.17. The number of anilines is 1. The fraction of sp³-hybridized carbons (Fsp3) is 0.150. The molecule has 3 heterocycles. The molecule has 0 atom stereocenters. The smallest absolute Gasteiger partial charge is 0.433 e. The average Bonchev–Trinajstić information content (AvgIpc) is 3.11. The van der Waals surface area contributed by atoms with E-state index in [1.807, 2.05) is 17.5 Å². The van der Waals surface area contributed by atoms with Crippen molar-refractivity contribution in [2.24, 2.45) is 0 Å². The molecule has 154 valence electrons. The summed E-state index contributed by atoms with van der Waals surface area (Å²) in [5.74, 6) is 1.44. The Bertz CT molecular complexity index is 1150. The molecule has 5 nitrogen and oxygen atoms in total. The van der Waals surface area contributed by atoms with E-state index in [-0.39, 0.29) is 5.75 Å². The molecule has 0 unspecified atom stereocenters. The van der Waals surface area contributed by atoms with Gasteiger partial charge in [-0.3, -0.25) is 0 Å². The first kappa shape index (κ1) is 20.4.